The minimum Gasteiger partial charge on any atom is -0.435 e. The van der Waals surface area contributed by atoms with Crippen molar-refractivity contribution in [1.82, 2.24) is 29.4 Å². The maximum absolute atomic E-state index is 12.8. The molecule has 0 saturated carbocycles. The first-order valence-electron chi connectivity index (χ1n) is 9.39. The van der Waals surface area contributed by atoms with Crippen LogP contribution in [0.25, 0.3) is 27.1 Å². The van der Waals surface area contributed by atoms with Crippen LogP contribution in [-0.2, 0) is 7.05 Å². The standard InChI is InChI=1S/C20H15F2N7O2S/c1-10-12(9-24-28(10)2)15-5-6-23-17-8-14(27-29(15)17)18(30)26-20-25-13-4-3-11(31-19(21)22)7-16(13)32-20/h3-9,19H,1-2H3,(H,25,26,30). The van der Waals surface area contributed by atoms with E-state index in [1.807, 2.05) is 14.0 Å². The normalized spacial score (nSPS) is 11.5. The molecule has 4 heterocycles. The number of benzene rings is 1. The van der Waals surface area contributed by atoms with Crippen molar-refractivity contribution in [2.24, 2.45) is 7.05 Å². The summed E-state index contributed by atoms with van der Waals surface area (Å²) in [6.45, 7) is -0.972. The first-order chi connectivity index (χ1) is 15.4. The Hall–Kier alpha value is -3.93. The lowest BCUT2D eigenvalue weighted by Gasteiger charge is -2.03. The zero-order valence-corrected chi connectivity index (χ0v) is 17.6. The smallest absolute Gasteiger partial charge is 0.387 e. The molecule has 0 bridgehead atoms. The molecule has 1 N–H and O–H groups in total. The fraction of sp³-hybridized carbons (Fsp3) is 0.150. The van der Waals surface area contributed by atoms with E-state index in [1.54, 1.807) is 39.8 Å². The number of hydrogen-bond donors (Lipinski definition) is 1. The van der Waals surface area contributed by atoms with Gasteiger partial charge >= 0.3 is 6.61 Å². The molecule has 4 aromatic heterocycles. The van der Waals surface area contributed by atoms with Gasteiger partial charge in [0, 0.05) is 30.6 Å². The van der Waals surface area contributed by atoms with Crippen LogP contribution in [-0.4, -0.2) is 41.9 Å². The summed E-state index contributed by atoms with van der Waals surface area (Å²) in [6, 6.07) is 7.78. The molecule has 0 aliphatic rings. The maximum atomic E-state index is 12.8. The molecule has 0 aliphatic carbocycles. The third-order valence-electron chi connectivity index (χ3n) is 4.91. The average molecular weight is 455 g/mol. The fourth-order valence-electron chi connectivity index (χ4n) is 3.26. The quantitative estimate of drug-likeness (QED) is 0.432. The summed E-state index contributed by atoms with van der Waals surface area (Å²) in [5, 5.41) is 11.7. The van der Waals surface area contributed by atoms with Gasteiger partial charge in [-0.1, -0.05) is 11.3 Å². The van der Waals surface area contributed by atoms with E-state index in [4.69, 9.17) is 0 Å². The Bertz CT molecular complexity index is 1470. The molecule has 1 aromatic carbocycles. The Kier molecular flexibility index (Phi) is 4.78. The number of halogens is 2. The van der Waals surface area contributed by atoms with Crippen molar-refractivity contribution in [3.8, 4) is 17.0 Å². The molecule has 0 radical (unpaired) electrons. The van der Waals surface area contributed by atoms with E-state index in [0.29, 0.717) is 21.0 Å². The van der Waals surface area contributed by atoms with Crippen LogP contribution in [0.4, 0.5) is 13.9 Å². The summed E-state index contributed by atoms with van der Waals surface area (Å²) in [7, 11) is 1.85. The van der Waals surface area contributed by atoms with Gasteiger partial charge in [-0.05, 0) is 31.2 Å². The van der Waals surface area contributed by atoms with E-state index >= 15 is 0 Å². The molecule has 5 aromatic rings. The van der Waals surface area contributed by atoms with Crippen LogP contribution in [0.1, 0.15) is 16.2 Å². The van der Waals surface area contributed by atoms with Gasteiger partial charge < -0.3 is 4.74 Å². The van der Waals surface area contributed by atoms with Crippen LogP contribution in [0.15, 0.2) is 42.7 Å². The third-order valence-corrected chi connectivity index (χ3v) is 5.84. The van der Waals surface area contributed by atoms with E-state index in [2.05, 4.69) is 30.2 Å². The number of thiazole rings is 1. The van der Waals surface area contributed by atoms with E-state index in [1.165, 1.54) is 12.1 Å². The zero-order chi connectivity index (χ0) is 22.4. The number of aromatic nitrogens is 6. The Labute approximate surface area is 183 Å². The van der Waals surface area contributed by atoms with Crippen molar-refractivity contribution in [2.45, 2.75) is 13.5 Å². The summed E-state index contributed by atoms with van der Waals surface area (Å²) in [4.78, 5) is 21.4. The summed E-state index contributed by atoms with van der Waals surface area (Å²) in [5.74, 6) is -0.439. The first-order valence-corrected chi connectivity index (χ1v) is 10.2. The third kappa shape index (κ3) is 3.54. The highest BCUT2D eigenvalue weighted by molar-refractivity contribution is 7.22. The number of carbonyl (C=O) groups is 1. The lowest BCUT2D eigenvalue weighted by molar-refractivity contribution is -0.0497. The molecular formula is C20H15F2N7O2S. The Balaban J connectivity index is 1.44. The minimum atomic E-state index is -2.91. The molecule has 5 rings (SSSR count). The van der Waals surface area contributed by atoms with Crippen LogP contribution >= 0.6 is 11.3 Å². The SMILES string of the molecule is Cc1c(-c2ccnc3cc(C(=O)Nc4nc5ccc(OC(F)F)cc5s4)nn23)cnn1C. The van der Waals surface area contributed by atoms with Gasteiger partial charge in [-0.3, -0.25) is 14.8 Å². The maximum Gasteiger partial charge on any atom is 0.387 e. The lowest BCUT2D eigenvalue weighted by Crippen LogP contribution is -2.12. The van der Waals surface area contributed by atoms with Gasteiger partial charge in [-0.15, -0.1) is 0 Å². The molecule has 9 nitrogen and oxygen atoms in total. The Morgan fingerprint density at radius 3 is 2.84 bits per heavy atom. The van der Waals surface area contributed by atoms with Crippen molar-refractivity contribution >= 4 is 38.2 Å². The largest absolute Gasteiger partial charge is 0.435 e. The van der Waals surface area contributed by atoms with Crippen molar-refractivity contribution < 1.29 is 18.3 Å². The van der Waals surface area contributed by atoms with Crippen LogP contribution in [0.3, 0.4) is 0 Å². The lowest BCUT2D eigenvalue weighted by atomic mass is 10.2. The minimum absolute atomic E-state index is 0.0266. The fourth-order valence-corrected chi connectivity index (χ4v) is 4.15. The molecular weight excluding hydrogens is 440 g/mol. The molecule has 162 valence electrons. The summed E-state index contributed by atoms with van der Waals surface area (Å²) >= 11 is 1.14. The number of amides is 1. The number of fused-ring (bicyclic) bond motifs is 2. The zero-order valence-electron chi connectivity index (χ0n) is 16.8. The number of nitrogens with one attached hydrogen (secondary N) is 1. The van der Waals surface area contributed by atoms with E-state index in [9.17, 15) is 13.6 Å². The Morgan fingerprint density at radius 1 is 1.25 bits per heavy atom. The van der Waals surface area contributed by atoms with Crippen LogP contribution in [0.2, 0.25) is 0 Å². The van der Waals surface area contributed by atoms with Gasteiger partial charge in [0.25, 0.3) is 5.91 Å². The highest BCUT2D eigenvalue weighted by atomic mass is 32.1. The molecule has 0 fully saturated rings. The van der Waals surface area contributed by atoms with Gasteiger partial charge in [0.15, 0.2) is 16.5 Å². The van der Waals surface area contributed by atoms with Gasteiger partial charge in [0.2, 0.25) is 0 Å². The van der Waals surface area contributed by atoms with E-state index in [0.717, 1.165) is 28.3 Å². The van der Waals surface area contributed by atoms with Gasteiger partial charge in [0.05, 0.1) is 22.1 Å². The molecule has 0 saturated heterocycles. The number of nitrogens with zero attached hydrogens (tertiary/aromatic N) is 6. The highest BCUT2D eigenvalue weighted by Crippen LogP contribution is 2.30. The second-order valence-electron chi connectivity index (χ2n) is 6.88. The van der Waals surface area contributed by atoms with Crippen LogP contribution < -0.4 is 10.1 Å². The predicted octanol–water partition coefficient (Wildman–Crippen LogP) is 3.90. The Morgan fingerprint density at radius 2 is 2.09 bits per heavy atom. The second kappa shape index (κ2) is 7.64. The monoisotopic (exact) mass is 455 g/mol. The molecule has 1 amide bonds. The first kappa shape index (κ1) is 20.0. The van der Waals surface area contributed by atoms with Crippen molar-refractivity contribution in [2.75, 3.05) is 5.32 Å². The van der Waals surface area contributed by atoms with Gasteiger partial charge in [-0.25, -0.2) is 14.5 Å². The summed E-state index contributed by atoms with van der Waals surface area (Å²) in [6.07, 6.45) is 3.38. The van der Waals surface area contributed by atoms with Gasteiger partial charge in [0.1, 0.15) is 5.75 Å². The average Bonchev–Trinajstić information content (AvgIpc) is 3.44. The van der Waals surface area contributed by atoms with Gasteiger partial charge in [-0.2, -0.15) is 19.0 Å². The van der Waals surface area contributed by atoms with E-state index < -0.39 is 12.5 Å². The molecule has 12 heteroatoms. The topological polar surface area (TPSA) is 99.2 Å². The number of rotatable bonds is 5. The number of ether oxygens (including phenoxy) is 1. The predicted molar refractivity (Wildman–Crippen MR) is 114 cm³/mol. The number of aryl methyl sites for hydroxylation is 1. The molecule has 0 spiro atoms. The highest BCUT2D eigenvalue weighted by Gasteiger charge is 2.18. The van der Waals surface area contributed by atoms with Crippen molar-refractivity contribution in [3.05, 3.63) is 54.1 Å². The molecule has 0 unspecified atom stereocenters. The summed E-state index contributed by atoms with van der Waals surface area (Å²) < 4.78 is 33.2. The number of anilines is 1. The molecule has 32 heavy (non-hydrogen) atoms. The van der Waals surface area contributed by atoms with E-state index in [-0.39, 0.29) is 11.4 Å². The number of hydrogen-bond acceptors (Lipinski definition) is 7. The molecule has 0 atom stereocenters. The second-order valence-corrected chi connectivity index (χ2v) is 7.91. The number of alkyl halides is 2. The van der Waals surface area contributed by atoms with Crippen molar-refractivity contribution in [3.63, 3.8) is 0 Å². The van der Waals surface area contributed by atoms with Crippen LogP contribution in [0, 0.1) is 6.92 Å². The van der Waals surface area contributed by atoms with Crippen molar-refractivity contribution in [1.29, 1.82) is 0 Å². The molecule has 0 aliphatic heterocycles. The summed E-state index contributed by atoms with van der Waals surface area (Å²) in [5.41, 5.74) is 3.80. The number of carbonyl (C=O) groups excluding carboxylic acids is 1. The van der Waals surface area contributed by atoms with Crippen LogP contribution in [0.5, 0.6) is 5.75 Å².